The smallest absolute Gasteiger partial charge is 0.410 e. The maximum Gasteiger partial charge on any atom is 0.410 e. The van der Waals surface area contributed by atoms with Gasteiger partial charge in [-0.25, -0.2) is 4.79 Å². The Kier molecular flexibility index (Phi) is 5.30. The third-order valence-electron chi connectivity index (χ3n) is 5.07. The number of nitrogens with zero attached hydrogens (tertiary/aromatic N) is 1. The van der Waals surface area contributed by atoms with Gasteiger partial charge in [-0.05, 0) is 29.2 Å². The van der Waals surface area contributed by atoms with Crippen molar-refractivity contribution < 1.29 is 27.3 Å². The largest absolute Gasteiger partial charge is 1.00 e. The first-order valence-electron chi connectivity index (χ1n) is 8.67. The van der Waals surface area contributed by atoms with Crippen molar-refractivity contribution in [2.24, 2.45) is 0 Å². The highest BCUT2D eigenvalue weighted by atomic mass is 35.5. The van der Waals surface area contributed by atoms with Gasteiger partial charge in [-0.1, -0.05) is 48.5 Å². The number of nitrogens with two attached hydrogens (primary N) is 1. The third kappa shape index (κ3) is 3.37. The van der Waals surface area contributed by atoms with Gasteiger partial charge in [0, 0.05) is 5.92 Å². The van der Waals surface area contributed by atoms with Crippen LogP contribution in [0.25, 0.3) is 11.1 Å². The topological polar surface area (TPSA) is 46.2 Å². The normalized spacial score (nSPS) is 18.9. The highest BCUT2D eigenvalue weighted by Crippen LogP contribution is 2.44. The predicted molar refractivity (Wildman–Crippen MR) is 92.9 cm³/mol. The SMILES string of the molecule is C[C@@H]1CN(C(=O)OCC2c3ccccc3-c3ccccc32)CC[NH2+]1.[Cl-]. The second kappa shape index (κ2) is 7.46. The van der Waals surface area contributed by atoms with E-state index >= 15 is 0 Å². The van der Waals surface area contributed by atoms with E-state index in [4.69, 9.17) is 4.74 Å². The minimum Gasteiger partial charge on any atom is -1.00 e. The van der Waals surface area contributed by atoms with Gasteiger partial charge in [0.05, 0.1) is 19.6 Å². The Morgan fingerprint density at radius 1 is 1.12 bits per heavy atom. The maximum absolute atomic E-state index is 12.4. The molecular formula is C20H23ClN2O2. The monoisotopic (exact) mass is 358 g/mol. The number of quaternary nitrogens is 1. The molecule has 4 rings (SSSR count). The zero-order chi connectivity index (χ0) is 16.5. The highest BCUT2D eigenvalue weighted by molar-refractivity contribution is 5.79. The summed E-state index contributed by atoms with van der Waals surface area (Å²) in [6.45, 7) is 5.02. The number of ether oxygens (including phenoxy) is 1. The summed E-state index contributed by atoms with van der Waals surface area (Å²) in [6.07, 6.45) is -0.184. The molecule has 25 heavy (non-hydrogen) atoms. The first kappa shape index (κ1) is 17.8. The van der Waals surface area contributed by atoms with Crippen LogP contribution in [-0.2, 0) is 4.74 Å². The number of piperazine rings is 1. The van der Waals surface area contributed by atoms with E-state index in [1.165, 1.54) is 22.3 Å². The molecule has 1 fully saturated rings. The average molecular weight is 359 g/mol. The van der Waals surface area contributed by atoms with Crippen LogP contribution in [0.4, 0.5) is 4.79 Å². The van der Waals surface area contributed by atoms with E-state index in [0.29, 0.717) is 12.6 Å². The van der Waals surface area contributed by atoms with Gasteiger partial charge in [-0.2, -0.15) is 0 Å². The van der Waals surface area contributed by atoms with Crippen molar-refractivity contribution in [1.82, 2.24) is 4.90 Å². The van der Waals surface area contributed by atoms with Crippen LogP contribution in [0.2, 0.25) is 0 Å². The second-order valence-corrected chi connectivity index (χ2v) is 6.75. The number of carbonyl (C=O) groups is 1. The average Bonchev–Trinajstić information content (AvgIpc) is 2.94. The molecule has 1 aliphatic heterocycles. The van der Waals surface area contributed by atoms with Crippen molar-refractivity contribution in [3.63, 3.8) is 0 Å². The Bertz CT molecular complexity index is 719. The molecule has 0 bridgehead atoms. The van der Waals surface area contributed by atoms with Crippen molar-refractivity contribution in [3.8, 4) is 11.1 Å². The van der Waals surface area contributed by atoms with Crippen LogP contribution >= 0.6 is 0 Å². The minimum atomic E-state index is -0.184. The lowest BCUT2D eigenvalue weighted by Crippen LogP contribution is -3.00. The van der Waals surface area contributed by atoms with Crippen LogP contribution in [0.1, 0.15) is 24.0 Å². The molecule has 1 saturated heterocycles. The molecule has 1 amide bonds. The third-order valence-corrected chi connectivity index (χ3v) is 5.07. The van der Waals surface area contributed by atoms with Gasteiger partial charge in [0.15, 0.2) is 0 Å². The van der Waals surface area contributed by atoms with Gasteiger partial charge in [0.25, 0.3) is 0 Å². The zero-order valence-corrected chi connectivity index (χ0v) is 15.1. The molecular weight excluding hydrogens is 336 g/mol. The standard InChI is InChI=1S/C20H22N2O2.ClH/c1-14-12-22(11-10-21-14)20(23)24-13-19-17-8-4-2-6-15(17)16-7-3-5-9-18(16)19;/h2-9,14,19,21H,10-13H2,1H3;1H/t14-;/m1./s1. The summed E-state index contributed by atoms with van der Waals surface area (Å²) < 4.78 is 5.70. The molecule has 0 saturated carbocycles. The molecule has 1 atom stereocenters. The lowest BCUT2D eigenvalue weighted by molar-refractivity contribution is -0.693. The number of hydrogen-bond acceptors (Lipinski definition) is 2. The number of rotatable bonds is 2. The number of amides is 1. The number of halogens is 1. The Hall–Kier alpha value is -2.04. The second-order valence-electron chi connectivity index (χ2n) is 6.75. The Balaban J connectivity index is 0.00000182. The Morgan fingerprint density at radius 3 is 2.32 bits per heavy atom. The fraction of sp³-hybridized carbons (Fsp3) is 0.350. The highest BCUT2D eigenvalue weighted by Gasteiger charge is 2.30. The molecule has 132 valence electrons. The molecule has 2 aliphatic rings. The van der Waals surface area contributed by atoms with Crippen LogP contribution in [0.3, 0.4) is 0 Å². The fourth-order valence-corrected chi connectivity index (χ4v) is 3.88. The van der Waals surface area contributed by atoms with E-state index in [2.05, 4.69) is 60.8 Å². The molecule has 1 aliphatic carbocycles. The van der Waals surface area contributed by atoms with Crippen LogP contribution in [0.5, 0.6) is 0 Å². The van der Waals surface area contributed by atoms with E-state index < -0.39 is 0 Å². The predicted octanol–water partition coefficient (Wildman–Crippen LogP) is -0.793. The number of fused-ring (bicyclic) bond motifs is 3. The van der Waals surface area contributed by atoms with Crippen LogP contribution in [0.15, 0.2) is 48.5 Å². The van der Waals surface area contributed by atoms with Crippen LogP contribution in [-0.4, -0.2) is 43.3 Å². The molecule has 2 aromatic rings. The molecule has 0 radical (unpaired) electrons. The quantitative estimate of drug-likeness (QED) is 0.764. The maximum atomic E-state index is 12.4. The lowest BCUT2D eigenvalue weighted by atomic mass is 9.98. The van der Waals surface area contributed by atoms with Crippen LogP contribution in [0, 0.1) is 0 Å². The summed E-state index contributed by atoms with van der Waals surface area (Å²) in [5.41, 5.74) is 5.03. The van der Waals surface area contributed by atoms with Crippen molar-refractivity contribution in [1.29, 1.82) is 0 Å². The molecule has 2 aromatic carbocycles. The van der Waals surface area contributed by atoms with Crippen molar-refractivity contribution in [3.05, 3.63) is 59.7 Å². The molecule has 2 N–H and O–H groups in total. The van der Waals surface area contributed by atoms with E-state index in [1.807, 2.05) is 4.90 Å². The summed E-state index contributed by atoms with van der Waals surface area (Å²) in [6, 6.07) is 17.3. The molecule has 4 nitrogen and oxygen atoms in total. The van der Waals surface area contributed by atoms with Gasteiger partial charge < -0.3 is 22.5 Å². The summed E-state index contributed by atoms with van der Waals surface area (Å²) >= 11 is 0. The summed E-state index contributed by atoms with van der Waals surface area (Å²) in [4.78, 5) is 14.2. The van der Waals surface area contributed by atoms with Crippen molar-refractivity contribution in [2.45, 2.75) is 18.9 Å². The van der Waals surface area contributed by atoms with Crippen molar-refractivity contribution >= 4 is 6.09 Å². The molecule has 1 heterocycles. The van der Waals surface area contributed by atoms with Gasteiger partial charge in [0.1, 0.15) is 12.6 Å². The van der Waals surface area contributed by atoms with E-state index in [-0.39, 0.29) is 24.4 Å². The van der Waals surface area contributed by atoms with Gasteiger partial charge >= 0.3 is 6.09 Å². The van der Waals surface area contributed by atoms with Crippen molar-refractivity contribution in [2.75, 3.05) is 26.2 Å². The van der Waals surface area contributed by atoms with Gasteiger partial charge in [-0.3, -0.25) is 4.90 Å². The molecule has 0 spiro atoms. The Morgan fingerprint density at radius 2 is 1.72 bits per heavy atom. The van der Waals surface area contributed by atoms with E-state index in [9.17, 15) is 4.79 Å². The van der Waals surface area contributed by atoms with Gasteiger partial charge in [0.2, 0.25) is 0 Å². The molecule has 0 unspecified atom stereocenters. The minimum absolute atomic E-state index is 0. The van der Waals surface area contributed by atoms with E-state index in [1.54, 1.807) is 0 Å². The summed E-state index contributed by atoms with van der Waals surface area (Å²) in [7, 11) is 0. The first-order chi connectivity index (χ1) is 11.7. The van der Waals surface area contributed by atoms with E-state index in [0.717, 1.165) is 19.6 Å². The van der Waals surface area contributed by atoms with Crippen LogP contribution < -0.4 is 17.7 Å². The van der Waals surface area contributed by atoms with Gasteiger partial charge in [-0.15, -0.1) is 0 Å². The molecule has 5 heteroatoms. The molecule has 0 aromatic heterocycles. The lowest BCUT2D eigenvalue weighted by Gasteiger charge is -2.29. The number of carbonyl (C=O) groups excluding carboxylic acids is 1. The number of hydrogen-bond donors (Lipinski definition) is 1. The number of benzene rings is 2. The zero-order valence-electron chi connectivity index (χ0n) is 14.3. The first-order valence-corrected chi connectivity index (χ1v) is 8.67. The fourth-order valence-electron chi connectivity index (χ4n) is 3.88. The summed E-state index contributed by atoms with van der Waals surface area (Å²) in [5.74, 6) is 0.134. The summed E-state index contributed by atoms with van der Waals surface area (Å²) in [5, 5.41) is 2.27. The Labute approximate surface area is 154 Å².